The summed E-state index contributed by atoms with van der Waals surface area (Å²) in [5.41, 5.74) is -1.04. The minimum atomic E-state index is -0.531. The highest BCUT2D eigenvalue weighted by Crippen LogP contribution is 2.18. The third-order valence-corrected chi connectivity index (χ3v) is 3.58. The van der Waals surface area contributed by atoms with E-state index in [1.165, 1.54) is 0 Å². The lowest BCUT2D eigenvalue weighted by Crippen LogP contribution is -2.54. The first-order valence-electron chi connectivity index (χ1n) is 9.26. The van der Waals surface area contributed by atoms with Crippen LogP contribution < -0.4 is 21.3 Å². The average Bonchev–Trinajstić information content (AvgIpc) is 3.27. The summed E-state index contributed by atoms with van der Waals surface area (Å²) in [5.74, 6) is 0.742. The molecule has 0 saturated heterocycles. The van der Waals surface area contributed by atoms with Crippen molar-refractivity contribution in [2.45, 2.75) is 77.5 Å². The molecule has 26 heavy (non-hydrogen) atoms. The lowest BCUT2D eigenvalue weighted by Gasteiger charge is -2.29. The molecule has 0 aliphatic heterocycles. The van der Waals surface area contributed by atoms with Crippen molar-refractivity contribution in [2.24, 2.45) is 4.99 Å². The van der Waals surface area contributed by atoms with Crippen molar-refractivity contribution in [3.63, 3.8) is 0 Å². The lowest BCUT2D eigenvalue weighted by molar-refractivity contribution is -0.121. The second-order valence-electron chi connectivity index (χ2n) is 8.31. The lowest BCUT2D eigenvalue weighted by atomic mass is 10.1. The Bertz CT molecular complexity index is 507. The predicted molar refractivity (Wildman–Crippen MR) is 103 cm³/mol. The van der Waals surface area contributed by atoms with Gasteiger partial charge in [-0.1, -0.05) is 0 Å². The van der Waals surface area contributed by atoms with Crippen LogP contribution in [0.5, 0.6) is 0 Å². The minimum absolute atomic E-state index is 0.111. The van der Waals surface area contributed by atoms with Gasteiger partial charge in [0.1, 0.15) is 5.60 Å². The number of nitrogens with zero attached hydrogens (tertiary/aromatic N) is 1. The van der Waals surface area contributed by atoms with Crippen LogP contribution in [-0.2, 0) is 9.53 Å². The molecule has 150 valence electrons. The standard InChI is InChI=1S/C18H35N5O3/c1-17(2,3)26-16(25)23-18(4,5)12-21-15(19-6)20-11-7-8-14(24)22-13-9-10-13/h13H,7-12H2,1-6H3,(H,22,24)(H,23,25)(H2,19,20,21). The molecular weight excluding hydrogens is 334 g/mol. The van der Waals surface area contributed by atoms with Crippen molar-refractivity contribution in [1.82, 2.24) is 21.3 Å². The van der Waals surface area contributed by atoms with Crippen LogP contribution in [0.4, 0.5) is 4.79 Å². The van der Waals surface area contributed by atoms with Gasteiger partial charge in [-0.25, -0.2) is 4.79 Å². The number of guanidine groups is 1. The van der Waals surface area contributed by atoms with Crippen LogP contribution in [0.15, 0.2) is 4.99 Å². The fraction of sp³-hybridized carbons (Fsp3) is 0.833. The van der Waals surface area contributed by atoms with Gasteiger partial charge in [-0.15, -0.1) is 0 Å². The van der Waals surface area contributed by atoms with Gasteiger partial charge in [-0.05, 0) is 53.9 Å². The number of rotatable bonds is 8. The van der Waals surface area contributed by atoms with Crippen LogP contribution in [0.2, 0.25) is 0 Å². The Balaban J connectivity index is 2.24. The summed E-state index contributed by atoms with van der Waals surface area (Å²) in [6.45, 7) is 10.4. The Labute approximate surface area is 156 Å². The molecule has 0 spiro atoms. The number of nitrogens with one attached hydrogen (secondary N) is 4. The molecule has 0 atom stereocenters. The van der Waals surface area contributed by atoms with Gasteiger partial charge in [0.05, 0.1) is 5.54 Å². The number of alkyl carbamates (subject to hydrolysis) is 1. The first kappa shape index (κ1) is 22.1. The summed E-state index contributed by atoms with van der Waals surface area (Å²) in [6, 6.07) is 0.407. The van der Waals surface area contributed by atoms with Crippen LogP contribution in [0.25, 0.3) is 0 Å². The van der Waals surface area contributed by atoms with Crippen LogP contribution in [0, 0.1) is 0 Å². The summed E-state index contributed by atoms with van der Waals surface area (Å²) in [7, 11) is 1.68. The maximum atomic E-state index is 11.9. The van der Waals surface area contributed by atoms with E-state index in [1.807, 2.05) is 34.6 Å². The molecular formula is C18H35N5O3. The highest BCUT2D eigenvalue weighted by atomic mass is 16.6. The zero-order valence-corrected chi connectivity index (χ0v) is 17.0. The SMILES string of the molecule is CN=C(NCCCC(=O)NC1CC1)NCC(C)(C)NC(=O)OC(C)(C)C. The van der Waals surface area contributed by atoms with Crippen molar-refractivity contribution in [3.8, 4) is 0 Å². The van der Waals surface area contributed by atoms with Crippen molar-refractivity contribution in [1.29, 1.82) is 0 Å². The number of carbonyl (C=O) groups is 2. The highest BCUT2D eigenvalue weighted by Gasteiger charge is 2.25. The van der Waals surface area contributed by atoms with Crippen LogP contribution in [0.3, 0.4) is 0 Å². The van der Waals surface area contributed by atoms with Gasteiger partial charge in [0.25, 0.3) is 0 Å². The quantitative estimate of drug-likeness (QED) is 0.295. The van der Waals surface area contributed by atoms with Gasteiger partial charge in [0, 0.05) is 32.6 Å². The molecule has 8 heteroatoms. The van der Waals surface area contributed by atoms with E-state index in [1.54, 1.807) is 7.05 Å². The summed E-state index contributed by atoms with van der Waals surface area (Å²) in [5, 5.41) is 12.2. The van der Waals surface area contributed by atoms with E-state index in [9.17, 15) is 9.59 Å². The Morgan fingerprint density at radius 2 is 1.77 bits per heavy atom. The van der Waals surface area contributed by atoms with Crippen molar-refractivity contribution in [2.75, 3.05) is 20.1 Å². The fourth-order valence-electron chi connectivity index (χ4n) is 2.13. The number of amides is 2. The molecule has 1 fully saturated rings. The second-order valence-corrected chi connectivity index (χ2v) is 8.31. The molecule has 0 bridgehead atoms. The zero-order valence-electron chi connectivity index (χ0n) is 17.0. The Morgan fingerprint density at radius 1 is 1.12 bits per heavy atom. The van der Waals surface area contributed by atoms with Crippen LogP contribution in [-0.4, -0.2) is 55.3 Å². The normalized spacial score (nSPS) is 15.2. The number of hydrogen-bond acceptors (Lipinski definition) is 4. The summed E-state index contributed by atoms with van der Waals surface area (Å²) in [6.07, 6.45) is 3.00. The Hall–Kier alpha value is -1.99. The van der Waals surface area contributed by atoms with Gasteiger partial charge in [0.15, 0.2) is 5.96 Å². The van der Waals surface area contributed by atoms with Gasteiger partial charge in [-0.2, -0.15) is 0 Å². The number of carbonyl (C=O) groups excluding carboxylic acids is 2. The number of ether oxygens (including phenoxy) is 1. The van der Waals surface area contributed by atoms with E-state index in [4.69, 9.17) is 4.74 Å². The van der Waals surface area contributed by atoms with Crippen molar-refractivity contribution < 1.29 is 14.3 Å². The van der Waals surface area contributed by atoms with Gasteiger partial charge < -0.3 is 26.0 Å². The largest absolute Gasteiger partial charge is 0.444 e. The predicted octanol–water partition coefficient (Wildman–Crippen LogP) is 1.51. The van der Waals surface area contributed by atoms with Gasteiger partial charge in [-0.3, -0.25) is 9.79 Å². The van der Waals surface area contributed by atoms with Gasteiger partial charge in [0.2, 0.25) is 5.91 Å². The van der Waals surface area contributed by atoms with E-state index in [0.29, 0.717) is 31.5 Å². The summed E-state index contributed by atoms with van der Waals surface area (Å²) < 4.78 is 5.28. The minimum Gasteiger partial charge on any atom is -0.444 e. The molecule has 1 aliphatic rings. The maximum Gasteiger partial charge on any atom is 0.408 e. The van der Waals surface area contributed by atoms with E-state index in [0.717, 1.165) is 19.3 Å². The van der Waals surface area contributed by atoms with Gasteiger partial charge >= 0.3 is 6.09 Å². The molecule has 8 nitrogen and oxygen atoms in total. The third-order valence-electron chi connectivity index (χ3n) is 3.58. The molecule has 0 aromatic rings. The van der Waals surface area contributed by atoms with E-state index in [-0.39, 0.29) is 5.91 Å². The summed E-state index contributed by atoms with van der Waals surface area (Å²) in [4.78, 5) is 27.7. The molecule has 0 unspecified atom stereocenters. The molecule has 0 aromatic heterocycles. The zero-order chi connectivity index (χ0) is 19.8. The molecule has 1 saturated carbocycles. The topological polar surface area (TPSA) is 104 Å². The van der Waals surface area contributed by atoms with Crippen molar-refractivity contribution in [3.05, 3.63) is 0 Å². The molecule has 1 aliphatic carbocycles. The Morgan fingerprint density at radius 3 is 2.31 bits per heavy atom. The smallest absolute Gasteiger partial charge is 0.408 e. The van der Waals surface area contributed by atoms with Crippen LogP contribution >= 0.6 is 0 Å². The second kappa shape index (κ2) is 9.64. The average molecular weight is 370 g/mol. The highest BCUT2D eigenvalue weighted by molar-refractivity contribution is 5.80. The van der Waals surface area contributed by atoms with E-state index in [2.05, 4.69) is 26.3 Å². The molecule has 0 radical (unpaired) electrons. The Kier molecular flexibility index (Phi) is 8.17. The first-order valence-corrected chi connectivity index (χ1v) is 9.26. The molecule has 4 N–H and O–H groups in total. The summed E-state index contributed by atoms with van der Waals surface area (Å²) >= 11 is 0. The molecule has 0 aromatic carbocycles. The van der Waals surface area contributed by atoms with Crippen LogP contribution in [0.1, 0.15) is 60.3 Å². The third kappa shape index (κ3) is 10.8. The molecule has 0 heterocycles. The van der Waals surface area contributed by atoms with E-state index < -0.39 is 17.2 Å². The molecule has 2 amide bonds. The number of hydrogen-bond donors (Lipinski definition) is 4. The molecule has 1 rings (SSSR count). The monoisotopic (exact) mass is 369 g/mol. The van der Waals surface area contributed by atoms with Crippen molar-refractivity contribution >= 4 is 18.0 Å². The maximum absolute atomic E-state index is 11.9. The van der Waals surface area contributed by atoms with E-state index >= 15 is 0 Å². The first-order chi connectivity index (χ1) is 12.0. The number of aliphatic imine (C=N–C) groups is 1. The fourth-order valence-corrected chi connectivity index (χ4v) is 2.13.